The van der Waals surface area contributed by atoms with Gasteiger partial charge in [-0.15, -0.1) is 4.80 Å². The Labute approximate surface area is 191 Å². The second-order valence-corrected chi connectivity index (χ2v) is 8.30. The molecule has 0 radical (unpaired) electrons. The van der Waals surface area contributed by atoms with Crippen LogP contribution in [-0.4, -0.2) is 46.1 Å². The van der Waals surface area contributed by atoms with Gasteiger partial charge in [0.15, 0.2) is 11.5 Å². The average Bonchev–Trinajstić information content (AvgIpc) is 3.44. The predicted octanol–water partition coefficient (Wildman–Crippen LogP) is 3.51. The number of pyridine rings is 1. The number of carbonyl (C=O) groups is 1. The van der Waals surface area contributed by atoms with Gasteiger partial charge in [0, 0.05) is 6.26 Å². The molecule has 0 saturated carbocycles. The number of amides is 1. The second-order valence-electron chi connectivity index (χ2n) is 6.54. The molecule has 0 aliphatic carbocycles. The zero-order valence-corrected chi connectivity index (χ0v) is 18.2. The van der Waals surface area contributed by atoms with Crippen LogP contribution in [0.2, 0.25) is 5.02 Å². The molecule has 3 aromatic heterocycles. The smallest absolute Gasteiger partial charge is 0.320 e. The monoisotopic (exact) mass is 495 g/mol. The predicted molar refractivity (Wildman–Crippen MR) is 113 cm³/mol. The number of rotatable bonds is 5. The van der Waals surface area contributed by atoms with Gasteiger partial charge in [-0.1, -0.05) is 23.7 Å². The summed E-state index contributed by atoms with van der Waals surface area (Å²) in [7, 11) is -1.59. The third kappa shape index (κ3) is 4.50. The number of alkyl halides is 3. The summed E-state index contributed by atoms with van der Waals surface area (Å²) in [6, 6.07) is 7.10. The number of anilines is 1. The van der Waals surface area contributed by atoms with Crippen molar-refractivity contribution in [3.63, 3.8) is 0 Å². The van der Waals surface area contributed by atoms with Gasteiger partial charge in [-0.05, 0) is 18.2 Å². The Bertz CT molecular complexity index is 1360. The molecule has 4 rings (SSSR count). The van der Waals surface area contributed by atoms with Gasteiger partial charge in [-0.25, -0.2) is 9.67 Å². The SMILES string of the molecule is CS(=O)c1ccccc1-n1ncc(C(=O)Nc2cnc(-n3nccn3)c(Cl)c2)c1C(F)(F)F. The van der Waals surface area contributed by atoms with Gasteiger partial charge < -0.3 is 5.32 Å². The van der Waals surface area contributed by atoms with E-state index in [9.17, 15) is 22.2 Å². The average molecular weight is 496 g/mol. The number of para-hydroxylation sites is 1. The molecule has 170 valence electrons. The van der Waals surface area contributed by atoms with Gasteiger partial charge in [-0.2, -0.15) is 28.5 Å². The standard InChI is InChI=1S/C19H13ClF3N7O2S/c1-33(32)15-5-3-2-4-14(15)29-16(19(21,22)23)12(10-27-29)18(31)28-11-8-13(20)17(24-9-11)30-25-6-7-26-30/h2-10H,1H3,(H,28,31). The molecule has 1 unspecified atom stereocenters. The largest absolute Gasteiger partial charge is 0.434 e. The van der Waals surface area contributed by atoms with Crippen molar-refractivity contribution in [1.82, 2.24) is 29.8 Å². The Morgan fingerprint density at radius 1 is 1.12 bits per heavy atom. The summed E-state index contributed by atoms with van der Waals surface area (Å²) < 4.78 is 54.5. The van der Waals surface area contributed by atoms with Crippen LogP contribution in [0.1, 0.15) is 16.1 Å². The minimum atomic E-state index is -4.93. The van der Waals surface area contributed by atoms with Gasteiger partial charge in [-0.3, -0.25) is 9.00 Å². The maximum atomic E-state index is 14.0. The first-order valence-corrected chi connectivity index (χ1v) is 11.0. The molecule has 1 N–H and O–H groups in total. The Hall–Kier alpha value is -3.58. The van der Waals surface area contributed by atoms with Crippen LogP contribution in [0.4, 0.5) is 18.9 Å². The van der Waals surface area contributed by atoms with Crippen LogP contribution in [-0.2, 0) is 17.0 Å². The van der Waals surface area contributed by atoms with E-state index in [-0.39, 0.29) is 27.1 Å². The van der Waals surface area contributed by atoms with Crippen LogP contribution in [0.3, 0.4) is 0 Å². The number of aromatic nitrogens is 6. The lowest BCUT2D eigenvalue weighted by molar-refractivity contribution is -0.143. The Morgan fingerprint density at radius 3 is 2.45 bits per heavy atom. The summed E-state index contributed by atoms with van der Waals surface area (Å²) in [5.74, 6) is -0.904. The summed E-state index contributed by atoms with van der Waals surface area (Å²) in [4.78, 5) is 18.1. The lowest BCUT2D eigenvalue weighted by Crippen LogP contribution is -2.21. The minimum Gasteiger partial charge on any atom is -0.320 e. The van der Waals surface area contributed by atoms with Crippen LogP contribution in [0.5, 0.6) is 0 Å². The molecule has 0 aliphatic heterocycles. The number of benzene rings is 1. The fourth-order valence-electron chi connectivity index (χ4n) is 3.02. The lowest BCUT2D eigenvalue weighted by atomic mass is 10.2. The molecule has 1 amide bonds. The van der Waals surface area contributed by atoms with E-state index in [1.54, 1.807) is 6.07 Å². The van der Waals surface area contributed by atoms with Crippen LogP contribution >= 0.6 is 11.6 Å². The van der Waals surface area contributed by atoms with Gasteiger partial charge in [0.2, 0.25) is 0 Å². The highest BCUT2D eigenvalue weighted by Gasteiger charge is 2.41. The number of nitrogens with zero attached hydrogens (tertiary/aromatic N) is 6. The number of hydrogen-bond acceptors (Lipinski definition) is 6. The highest BCUT2D eigenvalue weighted by Crippen LogP contribution is 2.35. The van der Waals surface area contributed by atoms with E-state index in [0.29, 0.717) is 4.68 Å². The van der Waals surface area contributed by atoms with E-state index in [2.05, 4.69) is 25.6 Å². The van der Waals surface area contributed by atoms with Crippen molar-refractivity contribution in [3.8, 4) is 11.5 Å². The van der Waals surface area contributed by atoms with Crippen molar-refractivity contribution < 1.29 is 22.2 Å². The van der Waals surface area contributed by atoms with Gasteiger partial charge in [0.25, 0.3) is 5.91 Å². The zero-order chi connectivity index (χ0) is 23.8. The molecule has 0 bridgehead atoms. The van der Waals surface area contributed by atoms with Crippen molar-refractivity contribution in [2.45, 2.75) is 11.1 Å². The van der Waals surface area contributed by atoms with Crippen molar-refractivity contribution in [2.75, 3.05) is 11.6 Å². The molecule has 4 aromatic rings. The summed E-state index contributed by atoms with van der Waals surface area (Å²) in [6.07, 6.45) is 1.23. The number of carbonyl (C=O) groups excluding carboxylic acids is 1. The van der Waals surface area contributed by atoms with Crippen LogP contribution < -0.4 is 5.32 Å². The van der Waals surface area contributed by atoms with E-state index in [1.807, 2.05) is 0 Å². The maximum absolute atomic E-state index is 14.0. The molecule has 1 atom stereocenters. The lowest BCUT2D eigenvalue weighted by Gasteiger charge is -2.15. The van der Waals surface area contributed by atoms with Crippen molar-refractivity contribution in [3.05, 3.63) is 71.4 Å². The first kappa shape index (κ1) is 22.6. The summed E-state index contributed by atoms with van der Waals surface area (Å²) in [5, 5.41) is 13.9. The van der Waals surface area contributed by atoms with Gasteiger partial charge in [0.1, 0.15) is 0 Å². The number of halogens is 4. The molecular formula is C19H13ClF3N7O2S. The van der Waals surface area contributed by atoms with E-state index < -0.39 is 34.1 Å². The van der Waals surface area contributed by atoms with Crippen molar-refractivity contribution >= 4 is 34.0 Å². The normalized spacial score (nSPS) is 12.5. The highest BCUT2D eigenvalue weighted by atomic mass is 35.5. The minimum absolute atomic E-state index is 0.0505. The van der Waals surface area contributed by atoms with Gasteiger partial charge in [0.05, 0.1) is 62.4 Å². The van der Waals surface area contributed by atoms with Crippen LogP contribution in [0.15, 0.2) is 60.0 Å². The quantitative estimate of drug-likeness (QED) is 0.454. The summed E-state index contributed by atoms with van der Waals surface area (Å²) in [5.41, 5.74) is -2.04. The van der Waals surface area contributed by atoms with E-state index >= 15 is 0 Å². The fourth-order valence-corrected chi connectivity index (χ4v) is 3.98. The maximum Gasteiger partial charge on any atom is 0.434 e. The highest BCUT2D eigenvalue weighted by molar-refractivity contribution is 7.84. The zero-order valence-electron chi connectivity index (χ0n) is 16.6. The van der Waals surface area contributed by atoms with E-state index in [4.69, 9.17) is 11.6 Å². The van der Waals surface area contributed by atoms with Gasteiger partial charge >= 0.3 is 6.18 Å². The molecule has 0 fully saturated rings. The van der Waals surface area contributed by atoms with Crippen molar-refractivity contribution in [1.29, 1.82) is 0 Å². The van der Waals surface area contributed by atoms with E-state index in [1.165, 1.54) is 49.1 Å². The molecule has 9 nitrogen and oxygen atoms in total. The molecule has 0 aliphatic rings. The third-order valence-electron chi connectivity index (χ3n) is 4.37. The molecule has 3 heterocycles. The molecule has 0 saturated heterocycles. The molecular weight excluding hydrogens is 483 g/mol. The molecule has 33 heavy (non-hydrogen) atoms. The van der Waals surface area contributed by atoms with E-state index in [0.717, 1.165) is 11.0 Å². The van der Waals surface area contributed by atoms with Crippen molar-refractivity contribution in [2.24, 2.45) is 0 Å². The van der Waals surface area contributed by atoms with Crippen LogP contribution in [0.25, 0.3) is 11.5 Å². The topological polar surface area (TPSA) is 108 Å². The second kappa shape index (κ2) is 8.75. The first-order valence-electron chi connectivity index (χ1n) is 9.08. The molecule has 14 heteroatoms. The first-order chi connectivity index (χ1) is 15.7. The summed E-state index contributed by atoms with van der Waals surface area (Å²) in [6.45, 7) is 0. The number of hydrogen-bond donors (Lipinski definition) is 1. The molecule has 1 aromatic carbocycles. The number of nitrogens with one attached hydrogen (secondary N) is 1. The Kier molecular flexibility index (Phi) is 5.99. The summed E-state index contributed by atoms with van der Waals surface area (Å²) >= 11 is 6.15. The van der Waals surface area contributed by atoms with Crippen LogP contribution in [0, 0.1) is 0 Å². The Balaban J connectivity index is 1.71. The fraction of sp³-hybridized carbons (Fsp3) is 0.105. The third-order valence-corrected chi connectivity index (χ3v) is 5.62. The molecule has 0 spiro atoms. The Morgan fingerprint density at radius 2 is 1.82 bits per heavy atom.